The van der Waals surface area contributed by atoms with Crippen LogP contribution in [0.25, 0.3) is 0 Å². The van der Waals surface area contributed by atoms with E-state index in [0.29, 0.717) is 5.82 Å². The molecule has 1 atom stereocenters. The molecule has 5 heteroatoms. The van der Waals surface area contributed by atoms with Crippen LogP contribution in [0.3, 0.4) is 0 Å². The second kappa shape index (κ2) is 2.58. The van der Waals surface area contributed by atoms with Gasteiger partial charge in [0.05, 0.1) is 6.04 Å². The summed E-state index contributed by atoms with van der Waals surface area (Å²) in [5.74, 6) is 0.567. The Kier molecular flexibility index (Phi) is 1.90. The summed E-state index contributed by atoms with van der Waals surface area (Å²) in [6, 6.07) is -0.166. The molecule has 0 radical (unpaired) electrons. The smallest absolute Gasteiger partial charge is 0.191 e. The van der Waals surface area contributed by atoms with Gasteiger partial charge in [-0.1, -0.05) is 26.0 Å². The van der Waals surface area contributed by atoms with Crippen LogP contribution in [0.15, 0.2) is 0 Å². The van der Waals surface area contributed by atoms with Crippen LogP contribution in [0.1, 0.15) is 32.6 Å². The highest BCUT2D eigenvalue weighted by molar-refractivity contribution is 4.93. The van der Waals surface area contributed by atoms with E-state index in [-0.39, 0.29) is 11.5 Å². The molecule has 0 spiro atoms. The summed E-state index contributed by atoms with van der Waals surface area (Å²) in [5, 5.41) is 13.4. The minimum Gasteiger partial charge on any atom is -0.321 e. The highest BCUT2D eigenvalue weighted by Gasteiger charge is 2.25. The Bertz CT molecular complexity index is 209. The molecule has 0 saturated heterocycles. The topological polar surface area (TPSA) is 80.5 Å². The summed E-state index contributed by atoms with van der Waals surface area (Å²) in [4.78, 5) is 0. The lowest BCUT2D eigenvalue weighted by molar-refractivity contribution is 0.315. The maximum Gasteiger partial charge on any atom is 0.191 e. The van der Waals surface area contributed by atoms with Gasteiger partial charge in [0, 0.05) is 0 Å². The van der Waals surface area contributed by atoms with Gasteiger partial charge < -0.3 is 5.73 Å². The standard InChI is InChI=1S/C6H13N5/c1-6(2,3)4(7)5-8-10-11-9-5/h4H,7H2,1-3H3,(H,8,9,10,11)/t4-/m1/s1. The van der Waals surface area contributed by atoms with Gasteiger partial charge in [-0.25, -0.2) is 0 Å². The van der Waals surface area contributed by atoms with Gasteiger partial charge in [0.15, 0.2) is 5.82 Å². The van der Waals surface area contributed by atoms with Crippen LogP contribution >= 0.6 is 0 Å². The van der Waals surface area contributed by atoms with Crippen molar-refractivity contribution in [3.05, 3.63) is 5.82 Å². The van der Waals surface area contributed by atoms with Crippen LogP contribution < -0.4 is 5.73 Å². The molecule has 0 saturated carbocycles. The van der Waals surface area contributed by atoms with E-state index in [4.69, 9.17) is 5.73 Å². The number of nitrogens with one attached hydrogen (secondary N) is 1. The molecule has 0 aliphatic carbocycles. The van der Waals surface area contributed by atoms with Crippen LogP contribution in [0, 0.1) is 5.41 Å². The number of nitrogens with zero attached hydrogens (tertiary/aromatic N) is 3. The molecule has 1 aromatic heterocycles. The number of tetrazole rings is 1. The molecule has 0 unspecified atom stereocenters. The average molecular weight is 155 g/mol. The largest absolute Gasteiger partial charge is 0.321 e. The summed E-state index contributed by atoms with van der Waals surface area (Å²) in [6.07, 6.45) is 0. The predicted octanol–water partition coefficient (Wildman–Crippen LogP) is 0.246. The van der Waals surface area contributed by atoms with Crippen molar-refractivity contribution in [3.63, 3.8) is 0 Å². The van der Waals surface area contributed by atoms with Crippen molar-refractivity contribution in [2.75, 3.05) is 0 Å². The highest BCUT2D eigenvalue weighted by atomic mass is 15.5. The molecule has 0 aliphatic rings. The summed E-state index contributed by atoms with van der Waals surface area (Å²) >= 11 is 0. The van der Waals surface area contributed by atoms with E-state index in [1.807, 2.05) is 20.8 Å². The molecule has 0 aliphatic heterocycles. The highest BCUT2D eigenvalue weighted by Crippen LogP contribution is 2.27. The average Bonchev–Trinajstić information content (AvgIpc) is 2.34. The van der Waals surface area contributed by atoms with Crippen LogP contribution in [0.5, 0.6) is 0 Å². The Morgan fingerprint density at radius 3 is 2.45 bits per heavy atom. The van der Waals surface area contributed by atoms with Crippen molar-refractivity contribution in [1.82, 2.24) is 20.6 Å². The van der Waals surface area contributed by atoms with E-state index < -0.39 is 0 Å². The van der Waals surface area contributed by atoms with Crippen LogP contribution in [-0.2, 0) is 0 Å². The summed E-state index contributed by atoms with van der Waals surface area (Å²) < 4.78 is 0. The summed E-state index contributed by atoms with van der Waals surface area (Å²) in [7, 11) is 0. The van der Waals surface area contributed by atoms with Crippen LogP contribution in [0.2, 0.25) is 0 Å². The second-order valence-electron chi connectivity index (χ2n) is 3.61. The molecule has 1 rings (SSSR count). The number of hydrogen-bond acceptors (Lipinski definition) is 4. The minimum atomic E-state index is -0.166. The lowest BCUT2D eigenvalue weighted by Gasteiger charge is -2.23. The fraction of sp³-hybridized carbons (Fsp3) is 0.833. The number of aromatic amines is 1. The number of H-pyrrole nitrogens is 1. The maximum atomic E-state index is 5.83. The SMILES string of the molecule is CC(C)(C)[C@H](N)c1nn[nH]n1. The Morgan fingerprint density at radius 1 is 1.45 bits per heavy atom. The minimum absolute atomic E-state index is 0.0239. The summed E-state index contributed by atoms with van der Waals surface area (Å²) in [6.45, 7) is 6.11. The maximum absolute atomic E-state index is 5.83. The Morgan fingerprint density at radius 2 is 2.09 bits per heavy atom. The van der Waals surface area contributed by atoms with Crippen molar-refractivity contribution >= 4 is 0 Å². The van der Waals surface area contributed by atoms with Gasteiger partial charge in [0.2, 0.25) is 0 Å². The number of hydrogen-bond donors (Lipinski definition) is 2. The van der Waals surface area contributed by atoms with Gasteiger partial charge in [0.1, 0.15) is 0 Å². The number of aromatic nitrogens is 4. The molecule has 0 fully saturated rings. The Balaban J connectivity index is 2.78. The molecular weight excluding hydrogens is 142 g/mol. The number of nitrogens with two attached hydrogens (primary N) is 1. The molecule has 11 heavy (non-hydrogen) atoms. The van der Waals surface area contributed by atoms with Crippen molar-refractivity contribution in [3.8, 4) is 0 Å². The third-order valence-electron chi connectivity index (χ3n) is 1.57. The first kappa shape index (κ1) is 8.13. The molecule has 62 valence electrons. The fourth-order valence-corrected chi connectivity index (χ4v) is 0.689. The van der Waals surface area contributed by atoms with Crippen LogP contribution in [-0.4, -0.2) is 20.6 Å². The molecule has 1 heterocycles. The molecule has 5 nitrogen and oxygen atoms in total. The zero-order chi connectivity index (χ0) is 8.48. The van der Waals surface area contributed by atoms with E-state index in [9.17, 15) is 0 Å². The van der Waals surface area contributed by atoms with E-state index in [2.05, 4.69) is 20.6 Å². The second-order valence-corrected chi connectivity index (χ2v) is 3.61. The zero-order valence-corrected chi connectivity index (χ0v) is 7.00. The first-order valence-electron chi connectivity index (χ1n) is 3.51. The first-order valence-corrected chi connectivity index (χ1v) is 3.51. The molecule has 0 amide bonds. The van der Waals surface area contributed by atoms with E-state index in [0.717, 1.165) is 0 Å². The fourth-order valence-electron chi connectivity index (χ4n) is 0.689. The van der Waals surface area contributed by atoms with Gasteiger partial charge in [-0.15, -0.1) is 10.2 Å². The summed E-state index contributed by atoms with van der Waals surface area (Å²) in [5.41, 5.74) is 5.81. The molecular formula is C6H13N5. The predicted molar refractivity (Wildman–Crippen MR) is 40.6 cm³/mol. The molecule has 0 aromatic carbocycles. The molecule has 1 aromatic rings. The first-order chi connectivity index (χ1) is 5.02. The Labute approximate surface area is 65.4 Å². The number of rotatable bonds is 1. The Hall–Kier alpha value is -0.970. The van der Waals surface area contributed by atoms with E-state index in [1.54, 1.807) is 0 Å². The lowest BCUT2D eigenvalue weighted by Crippen LogP contribution is -2.27. The van der Waals surface area contributed by atoms with Crippen LogP contribution in [0.4, 0.5) is 0 Å². The van der Waals surface area contributed by atoms with Gasteiger partial charge >= 0.3 is 0 Å². The third kappa shape index (κ3) is 1.74. The van der Waals surface area contributed by atoms with Gasteiger partial charge in [0.25, 0.3) is 0 Å². The normalized spacial score (nSPS) is 14.9. The van der Waals surface area contributed by atoms with Gasteiger partial charge in [-0.2, -0.15) is 5.21 Å². The zero-order valence-electron chi connectivity index (χ0n) is 7.00. The quantitative estimate of drug-likeness (QED) is 0.609. The van der Waals surface area contributed by atoms with Crippen molar-refractivity contribution < 1.29 is 0 Å². The van der Waals surface area contributed by atoms with Crippen molar-refractivity contribution in [2.45, 2.75) is 26.8 Å². The molecule has 0 bridgehead atoms. The third-order valence-corrected chi connectivity index (χ3v) is 1.57. The van der Waals surface area contributed by atoms with Gasteiger partial charge in [-0.05, 0) is 5.41 Å². The van der Waals surface area contributed by atoms with E-state index >= 15 is 0 Å². The monoisotopic (exact) mass is 155 g/mol. The molecule has 3 N–H and O–H groups in total. The van der Waals surface area contributed by atoms with Crippen molar-refractivity contribution in [2.24, 2.45) is 11.1 Å². The van der Waals surface area contributed by atoms with Crippen molar-refractivity contribution in [1.29, 1.82) is 0 Å². The van der Waals surface area contributed by atoms with Gasteiger partial charge in [-0.3, -0.25) is 0 Å². The lowest BCUT2D eigenvalue weighted by atomic mass is 9.87. The van der Waals surface area contributed by atoms with E-state index in [1.165, 1.54) is 0 Å².